The molecule has 26 heavy (non-hydrogen) atoms. The maximum absolute atomic E-state index is 12.5. The minimum absolute atomic E-state index is 0.0183. The number of nitrogens with two attached hydrogens (primary N) is 1. The predicted molar refractivity (Wildman–Crippen MR) is 102 cm³/mol. The van der Waals surface area contributed by atoms with E-state index in [0.29, 0.717) is 32.0 Å². The lowest BCUT2D eigenvalue weighted by molar-refractivity contribution is -0.140. The first kappa shape index (κ1) is 18.7. The smallest absolute Gasteiger partial charge is 0.317 e. The van der Waals surface area contributed by atoms with Gasteiger partial charge in [0.1, 0.15) is 0 Å². The number of hydrogen-bond donors (Lipinski definition) is 2. The third-order valence-corrected chi connectivity index (χ3v) is 5.57. The molecular weight excluding hydrogens is 328 g/mol. The van der Waals surface area contributed by atoms with Gasteiger partial charge in [-0.05, 0) is 43.7 Å². The SMILES string of the molecule is NCCCN1C(=O)CC[C@H]2CN(C(=O)NCCc3ccccc3)CC[C@H]21. The van der Waals surface area contributed by atoms with Crippen LogP contribution in [0.25, 0.3) is 0 Å². The Labute approximate surface area is 155 Å². The van der Waals surface area contributed by atoms with Crippen LogP contribution in [0.2, 0.25) is 0 Å². The van der Waals surface area contributed by atoms with Crippen molar-refractivity contribution in [3.05, 3.63) is 35.9 Å². The maximum Gasteiger partial charge on any atom is 0.317 e. The van der Waals surface area contributed by atoms with Crippen molar-refractivity contribution < 1.29 is 9.59 Å². The van der Waals surface area contributed by atoms with Crippen LogP contribution in [0, 0.1) is 5.92 Å². The number of benzene rings is 1. The molecule has 0 radical (unpaired) electrons. The van der Waals surface area contributed by atoms with Crippen molar-refractivity contribution >= 4 is 11.9 Å². The molecule has 3 rings (SSSR count). The lowest BCUT2D eigenvalue weighted by Crippen LogP contribution is -2.58. The van der Waals surface area contributed by atoms with E-state index in [0.717, 1.165) is 38.8 Å². The molecule has 0 bridgehead atoms. The van der Waals surface area contributed by atoms with Gasteiger partial charge in [0, 0.05) is 38.6 Å². The van der Waals surface area contributed by atoms with E-state index >= 15 is 0 Å². The van der Waals surface area contributed by atoms with Crippen molar-refractivity contribution in [2.45, 2.75) is 38.1 Å². The highest BCUT2D eigenvalue weighted by Crippen LogP contribution is 2.31. The van der Waals surface area contributed by atoms with Gasteiger partial charge in [-0.2, -0.15) is 0 Å². The summed E-state index contributed by atoms with van der Waals surface area (Å²) in [6, 6.07) is 10.5. The van der Waals surface area contributed by atoms with Crippen LogP contribution in [0.1, 0.15) is 31.2 Å². The molecule has 0 spiro atoms. The number of fused-ring (bicyclic) bond motifs is 1. The summed E-state index contributed by atoms with van der Waals surface area (Å²) in [5.74, 6) is 0.638. The van der Waals surface area contributed by atoms with E-state index in [2.05, 4.69) is 17.4 Å². The van der Waals surface area contributed by atoms with Crippen LogP contribution >= 0.6 is 0 Å². The van der Waals surface area contributed by atoms with Crippen molar-refractivity contribution in [1.82, 2.24) is 15.1 Å². The monoisotopic (exact) mass is 358 g/mol. The summed E-state index contributed by atoms with van der Waals surface area (Å²) in [7, 11) is 0. The molecule has 3 amide bonds. The molecule has 0 saturated carbocycles. The second-order valence-electron chi connectivity index (χ2n) is 7.30. The van der Waals surface area contributed by atoms with Gasteiger partial charge in [0.05, 0.1) is 0 Å². The summed E-state index contributed by atoms with van der Waals surface area (Å²) >= 11 is 0. The molecule has 142 valence electrons. The Balaban J connectivity index is 1.48. The Kier molecular flexibility index (Phi) is 6.50. The predicted octanol–water partition coefficient (Wildman–Crippen LogP) is 1.60. The largest absolute Gasteiger partial charge is 0.339 e. The third kappa shape index (κ3) is 4.55. The van der Waals surface area contributed by atoms with Crippen LogP contribution in [0.5, 0.6) is 0 Å². The highest BCUT2D eigenvalue weighted by molar-refractivity contribution is 5.78. The second kappa shape index (κ2) is 9.03. The van der Waals surface area contributed by atoms with Gasteiger partial charge in [-0.15, -0.1) is 0 Å². The molecule has 2 aliphatic heterocycles. The minimum Gasteiger partial charge on any atom is -0.339 e. The van der Waals surface area contributed by atoms with Gasteiger partial charge in [0.15, 0.2) is 0 Å². The number of nitrogens with zero attached hydrogens (tertiary/aromatic N) is 2. The number of urea groups is 1. The van der Waals surface area contributed by atoms with E-state index in [1.54, 1.807) is 0 Å². The van der Waals surface area contributed by atoms with Crippen molar-refractivity contribution in [2.24, 2.45) is 11.7 Å². The van der Waals surface area contributed by atoms with E-state index in [1.807, 2.05) is 28.0 Å². The van der Waals surface area contributed by atoms with Gasteiger partial charge in [-0.1, -0.05) is 30.3 Å². The van der Waals surface area contributed by atoms with Gasteiger partial charge in [-0.3, -0.25) is 4.79 Å². The number of amides is 3. The Morgan fingerprint density at radius 1 is 1.23 bits per heavy atom. The van der Waals surface area contributed by atoms with E-state index in [4.69, 9.17) is 5.73 Å². The first-order valence-corrected chi connectivity index (χ1v) is 9.75. The van der Waals surface area contributed by atoms with E-state index < -0.39 is 0 Å². The molecule has 2 fully saturated rings. The lowest BCUT2D eigenvalue weighted by atomic mass is 9.83. The van der Waals surface area contributed by atoms with Crippen LogP contribution in [-0.2, 0) is 11.2 Å². The van der Waals surface area contributed by atoms with Crippen molar-refractivity contribution in [1.29, 1.82) is 0 Å². The molecule has 1 aromatic rings. The fourth-order valence-electron chi connectivity index (χ4n) is 4.16. The quantitative estimate of drug-likeness (QED) is 0.811. The van der Waals surface area contributed by atoms with Gasteiger partial charge in [-0.25, -0.2) is 4.79 Å². The zero-order valence-electron chi connectivity index (χ0n) is 15.4. The molecule has 2 heterocycles. The molecule has 2 aliphatic rings. The summed E-state index contributed by atoms with van der Waals surface area (Å²) in [5, 5.41) is 3.04. The van der Waals surface area contributed by atoms with Crippen molar-refractivity contribution in [2.75, 3.05) is 32.7 Å². The third-order valence-electron chi connectivity index (χ3n) is 5.57. The molecule has 6 nitrogen and oxygen atoms in total. The molecule has 0 aromatic heterocycles. The summed E-state index contributed by atoms with van der Waals surface area (Å²) in [6.45, 7) is 3.46. The summed E-state index contributed by atoms with van der Waals surface area (Å²) in [4.78, 5) is 28.7. The number of carbonyl (C=O) groups is 2. The molecule has 3 N–H and O–H groups in total. The lowest BCUT2D eigenvalue weighted by Gasteiger charge is -2.47. The Bertz CT molecular complexity index is 607. The highest BCUT2D eigenvalue weighted by atomic mass is 16.2. The number of hydrogen-bond acceptors (Lipinski definition) is 3. The van der Waals surface area contributed by atoms with Crippen molar-refractivity contribution in [3.63, 3.8) is 0 Å². The summed E-state index contributed by atoms with van der Waals surface area (Å²) < 4.78 is 0. The van der Waals surface area contributed by atoms with Crippen LogP contribution in [0.4, 0.5) is 4.79 Å². The van der Waals surface area contributed by atoms with Gasteiger partial charge < -0.3 is 20.9 Å². The fraction of sp³-hybridized carbons (Fsp3) is 0.600. The number of rotatable bonds is 6. The molecule has 0 aliphatic carbocycles. The maximum atomic E-state index is 12.5. The molecule has 6 heteroatoms. The molecular formula is C20H30N4O2. The van der Waals surface area contributed by atoms with Crippen LogP contribution in [-0.4, -0.2) is 60.5 Å². The average Bonchev–Trinajstić information content (AvgIpc) is 2.67. The molecule has 2 saturated heterocycles. The second-order valence-corrected chi connectivity index (χ2v) is 7.30. The van der Waals surface area contributed by atoms with Crippen molar-refractivity contribution in [3.8, 4) is 0 Å². The van der Waals surface area contributed by atoms with Gasteiger partial charge >= 0.3 is 6.03 Å². The normalized spacial score (nSPS) is 22.9. The van der Waals surface area contributed by atoms with E-state index in [1.165, 1.54) is 5.56 Å². The number of piperidine rings is 2. The molecule has 0 unspecified atom stereocenters. The summed E-state index contributed by atoms with van der Waals surface area (Å²) in [6.07, 6.45) is 4.03. The Morgan fingerprint density at radius 3 is 2.81 bits per heavy atom. The zero-order chi connectivity index (χ0) is 18.4. The standard InChI is InChI=1S/C20H30N4O2/c21-11-4-13-24-18-10-14-23(15-17(18)7-8-19(24)25)20(26)22-12-9-16-5-2-1-3-6-16/h1-3,5-6,17-18H,4,7-15,21H2,(H,22,26)/t17-,18+/m0/s1. The zero-order valence-corrected chi connectivity index (χ0v) is 15.4. The average molecular weight is 358 g/mol. The summed E-state index contributed by atoms with van der Waals surface area (Å²) in [5.41, 5.74) is 6.84. The van der Waals surface area contributed by atoms with Crippen LogP contribution in [0.3, 0.4) is 0 Å². The molecule has 1 aromatic carbocycles. The number of likely N-dealkylation sites (tertiary alicyclic amines) is 2. The highest BCUT2D eigenvalue weighted by Gasteiger charge is 2.39. The van der Waals surface area contributed by atoms with Gasteiger partial charge in [0.2, 0.25) is 5.91 Å². The Morgan fingerprint density at radius 2 is 2.04 bits per heavy atom. The number of carbonyl (C=O) groups excluding carboxylic acids is 2. The number of nitrogens with one attached hydrogen (secondary N) is 1. The van der Waals surface area contributed by atoms with Crippen LogP contribution < -0.4 is 11.1 Å². The van der Waals surface area contributed by atoms with E-state index in [-0.39, 0.29) is 18.0 Å². The first-order chi connectivity index (χ1) is 12.7. The topological polar surface area (TPSA) is 78.7 Å². The fourth-order valence-corrected chi connectivity index (χ4v) is 4.16. The van der Waals surface area contributed by atoms with Gasteiger partial charge in [0.25, 0.3) is 0 Å². The molecule has 2 atom stereocenters. The first-order valence-electron chi connectivity index (χ1n) is 9.75. The minimum atomic E-state index is 0.0183. The van der Waals surface area contributed by atoms with Crippen LogP contribution in [0.15, 0.2) is 30.3 Å². The van der Waals surface area contributed by atoms with E-state index in [9.17, 15) is 9.59 Å². The Hall–Kier alpha value is -2.08.